The van der Waals surface area contributed by atoms with Gasteiger partial charge in [-0.1, -0.05) is 6.07 Å². The van der Waals surface area contributed by atoms with Crippen LogP contribution in [0.1, 0.15) is 5.56 Å². The maximum absolute atomic E-state index is 13.0. The van der Waals surface area contributed by atoms with Gasteiger partial charge in [0.15, 0.2) is 0 Å². The van der Waals surface area contributed by atoms with E-state index in [1.165, 1.54) is 18.5 Å². The van der Waals surface area contributed by atoms with Crippen molar-refractivity contribution in [1.82, 2.24) is 0 Å². The van der Waals surface area contributed by atoms with Crippen LogP contribution in [0, 0.1) is 17.1 Å². The van der Waals surface area contributed by atoms with Gasteiger partial charge in [0, 0.05) is 7.05 Å². The molecule has 0 aliphatic carbocycles. The summed E-state index contributed by atoms with van der Waals surface area (Å²) in [5.41, 5.74) is 0.426. The van der Waals surface area contributed by atoms with Gasteiger partial charge >= 0.3 is 0 Å². The molecule has 0 spiro atoms. The molecule has 0 amide bonds. The van der Waals surface area contributed by atoms with Crippen molar-refractivity contribution in [1.29, 1.82) is 5.26 Å². The Morgan fingerprint density at radius 3 is 3.00 bits per heavy atom. The number of benzene rings is 1. The van der Waals surface area contributed by atoms with Crippen molar-refractivity contribution in [2.75, 3.05) is 12.4 Å². The second-order valence-electron chi connectivity index (χ2n) is 2.31. The molecule has 4 heteroatoms. The average molecular weight is 177 g/mol. The monoisotopic (exact) mass is 177 g/mol. The van der Waals surface area contributed by atoms with E-state index in [-0.39, 0.29) is 5.56 Å². The molecule has 0 fully saturated rings. The van der Waals surface area contributed by atoms with E-state index in [2.05, 4.69) is 10.3 Å². The summed E-state index contributed by atoms with van der Waals surface area (Å²) in [6.07, 6.45) is 1.40. The van der Waals surface area contributed by atoms with Crippen molar-refractivity contribution < 1.29 is 4.39 Å². The van der Waals surface area contributed by atoms with Gasteiger partial charge in [0.05, 0.1) is 12.0 Å². The number of nitrogens with one attached hydrogen (secondary N) is 1. The first-order valence-corrected chi connectivity index (χ1v) is 3.65. The maximum Gasteiger partial charge on any atom is 0.143 e. The van der Waals surface area contributed by atoms with E-state index in [9.17, 15) is 4.39 Å². The molecule has 1 aromatic carbocycles. The summed E-state index contributed by atoms with van der Waals surface area (Å²) in [6, 6.07) is 6.16. The van der Waals surface area contributed by atoms with Crippen LogP contribution in [-0.2, 0) is 0 Å². The number of nitriles is 1. The molecular weight excluding hydrogens is 169 g/mol. The molecule has 0 heterocycles. The van der Waals surface area contributed by atoms with Crippen LogP contribution in [0.4, 0.5) is 10.1 Å². The van der Waals surface area contributed by atoms with E-state index in [0.29, 0.717) is 5.69 Å². The highest BCUT2D eigenvalue weighted by Gasteiger charge is 2.05. The number of aliphatic imine (C=N–C) groups is 1. The summed E-state index contributed by atoms with van der Waals surface area (Å²) in [6.45, 7) is 0. The third-order valence-corrected chi connectivity index (χ3v) is 1.47. The maximum atomic E-state index is 13.0. The van der Waals surface area contributed by atoms with Crippen LogP contribution >= 0.6 is 0 Å². The minimum Gasteiger partial charge on any atom is -0.346 e. The predicted molar refractivity (Wildman–Crippen MR) is 49.2 cm³/mol. The fraction of sp³-hybridized carbons (Fsp3) is 0.111. The Kier molecular flexibility index (Phi) is 2.98. The van der Waals surface area contributed by atoms with Gasteiger partial charge in [-0.05, 0) is 12.1 Å². The number of hydrogen-bond acceptors (Lipinski definition) is 2. The minimum atomic E-state index is -0.531. The third-order valence-electron chi connectivity index (χ3n) is 1.47. The molecular formula is C9H8FN3. The van der Waals surface area contributed by atoms with Gasteiger partial charge in [0.2, 0.25) is 0 Å². The molecule has 0 bridgehead atoms. The summed E-state index contributed by atoms with van der Waals surface area (Å²) in [5, 5.41) is 11.3. The minimum absolute atomic E-state index is 0.00222. The lowest BCUT2D eigenvalue weighted by atomic mass is 10.2. The Morgan fingerprint density at radius 2 is 2.38 bits per heavy atom. The first-order chi connectivity index (χ1) is 6.29. The molecule has 1 rings (SSSR count). The zero-order valence-electron chi connectivity index (χ0n) is 7.08. The van der Waals surface area contributed by atoms with Crippen LogP contribution in [0.3, 0.4) is 0 Å². The summed E-state index contributed by atoms with van der Waals surface area (Å²) in [5.74, 6) is -0.531. The summed E-state index contributed by atoms with van der Waals surface area (Å²) in [4.78, 5) is 3.67. The highest BCUT2D eigenvalue weighted by Crippen LogP contribution is 2.16. The number of rotatable bonds is 2. The van der Waals surface area contributed by atoms with E-state index in [1.807, 2.05) is 0 Å². The van der Waals surface area contributed by atoms with Gasteiger partial charge in [0.1, 0.15) is 17.4 Å². The first-order valence-electron chi connectivity index (χ1n) is 3.65. The van der Waals surface area contributed by atoms with Crippen molar-refractivity contribution in [3.05, 3.63) is 29.6 Å². The highest BCUT2D eigenvalue weighted by atomic mass is 19.1. The normalized spacial score (nSPS) is 9.92. The van der Waals surface area contributed by atoms with Crippen LogP contribution < -0.4 is 5.32 Å². The quantitative estimate of drug-likeness (QED) is 0.552. The predicted octanol–water partition coefficient (Wildman–Crippen LogP) is 1.77. The Balaban J connectivity index is 3.07. The molecule has 66 valence electrons. The van der Waals surface area contributed by atoms with Crippen molar-refractivity contribution in [3.8, 4) is 6.07 Å². The molecule has 13 heavy (non-hydrogen) atoms. The summed E-state index contributed by atoms with van der Waals surface area (Å²) < 4.78 is 13.0. The largest absolute Gasteiger partial charge is 0.346 e. The van der Waals surface area contributed by atoms with Crippen LogP contribution in [-0.4, -0.2) is 13.4 Å². The van der Waals surface area contributed by atoms with Gasteiger partial charge in [-0.2, -0.15) is 5.26 Å². The van der Waals surface area contributed by atoms with E-state index in [4.69, 9.17) is 5.26 Å². The van der Waals surface area contributed by atoms with Crippen molar-refractivity contribution in [3.63, 3.8) is 0 Å². The van der Waals surface area contributed by atoms with E-state index >= 15 is 0 Å². The van der Waals surface area contributed by atoms with Crippen molar-refractivity contribution >= 4 is 12.0 Å². The molecule has 0 aliphatic heterocycles. The Hall–Kier alpha value is -1.89. The van der Waals surface area contributed by atoms with Crippen molar-refractivity contribution in [2.24, 2.45) is 4.99 Å². The molecule has 0 atom stereocenters. The van der Waals surface area contributed by atoms with Crippen LogP contribution in [0.2, 0.25) is 0 Å². The Morgan fingerprint density at radius 1 is 1.62 bits per heavy atom. The topological polar surface area (TPSA) is 48.2 Å². The van der Waals surface area contributed by atoms with E-state index < -0.39 is 5.82 Å². The Labute approximate surface area is 75.5 Å². The highest BCUT2D eigenvalue weighted by molar-refractivity contribution is 5.78. The van der Waals surface area contributed by atoms with Gasteiger partial charge in [-0.25, -0.2) is 4.39 Å². The van der Waals surface area contributed by atoms with Crippen LogP contribution in [0.15, 0.2) is 23.2 Å². The van der Waals surface area contributed by atoms with Crippen LogP contribution in [0.25, 0.3) is 0 Å². The lowest BCUT2D eigenvalue weighted by Crippen LogP contribution is -1.98. The number of halogens is 1. The van der Waals surface area contributed by atoms with E-state index in [0.717, 1.165) is 0 Å². The SMILES string of the molecule is CN=CNc1cccc(F)c1C#N. The second-order valence-corrected chi connectivity index (χ2v) is 2.31. The molecule has 0 aromatic heterocycles. The number of nitrogens with zero attached hydrogens (tertiary/aromatic N) is 2. The molecule has 0 saturated carbocycles. The molecule has 1 N–H and O–H groups in total. The molecule has 1 aromatic rings. The van der Waals surface area contributed by atoms with Crippen LogP contribution in [0.5, 0.6) is 0 Å². The Bertz CT molecular complexity index is 366. The lowest BCUT2D eigenvalue weighted by Gasteiger charge is -2.02. The average Bonchev–Trinajstić information content (AvgIpc) is 2.15. The standard InChI is InChI=1S/C9H8FN3/c1-12-6-13-9-4-2-3-8(10)7(9)5-11/h2-4,6H,1H3,(H,12,13). The number of anilines is 1. The molecule has 0 radical (unpaired) electrons. The number of hydrogen-bond donors (Lipinski definition) is 1. The second kappa shape index (κ2) is 4.21. The van der Waals surface area contributed by atoms with Gasteiger partial charge < -0.3 is 5.32 Å². The van der Waals surface area contributed by atoms with Gasteiger partial charge in [0.25, 0.3) is 0 Å². The summed E-state index contributed by atoms with van der Waals surface area (Å²) >= 11 is 0. The van der Waals surface area contributed by atoms with Crippen molar-refractivity contribution in [2.45, 2.75) is 0 Å². The van der Waals surface area contributed by atoms with Gasteiger partial charge in [-0.3, -0.25) is 4.99 Å². The van der Waals surface area contributed by atoms with Gasteiger partial charge in [-0.15, -0.1) is 0 Å². The third kappa shape index (κ3) is 2.03. The smallest absolute Gasteiger partial charge is 0.143 e. The molecule has 0 aliphatic rings. The fourth-order valence-electron chi connectivity index (χ4n) is 0.892. The zero-order valence-corrected chi connectivity index (χ0v) is 7.08. The molecule has 3 nitrogen and oxygen atoms in total. The van der Waals surface area contributed by atoms with E-state index in [1.54, 1.807) is 19.2 Å². The molecule has 0 unspecified atom stereocenters. The first kappa shape index (κ1) is 9.20. The lowest BCUT2D eigenvalue weighted by molar-refractivity contribution is 0.624. The molecule has 0 saturated heterocycles. The fourth-order valence-corrected chi connectivity index (χ4v) is 0.892. The summed E-state index contributed by atoms with van der Waals surface area (Å²) in [7, 11) is 1.58. The zero-order chi connectivity index (χ0) is 9.68.